The number of fused-ring (bicyclic) bond motifs is 1. The molecular formula is C7H16Cl2N2O. The van der Waals surface area contributed by atoms with Gasteiger partial charge in [-0.3, -0.25) is 4.90 Å². The SMILES string of the molecule is Cl.Cl.O[C@H]1CC[C@@H]2CCNCN21. The molecule has 3 nitrogen and oxygen atoms in total. The van der Waals surface area contributed by atoms with Crippen LogP contribution in [0.15, 0.2) is 0 Å². The van der Waals surface area contributed by atoms with E-state index in [1.54, 1.807) is 0 Å². The summed E-state index contributed by atoms with van der Waals surface area (Å²) in [5.74, 6) is 0. The van der Waals surface area contributed by atoms with Crippen LogP contribution < -0.4 is 5.32 Å². The standard InChI is InChI=1S/C7H14N2O.2ClH/c10-7-2-1-6-3-4-8-5-9(6)7;;/h6-8,10H,1-5H2;2*1H/t6-,7+;;/m1../s1. The largest absolute Gasteiger partial charge is 0.378 e. The van der Waals surface area contributed by atoms with E-state index in [-0.39, 0.29) is 31.0 Å². The summed E-state index contributed by atoms with van der Waals surface area (Å²) in [5, 5.41) is 12.7. The van der Waals surface area contributed by atoms with Crippen molar-refractivity contribution in [3.8, 4) is 0 Å². The number of halogens is 2. The predicted octanol–water partition coefficient (Wildman–Crippen LogP) is 0.564. The first-order valence-electron chi connectivity index (χ1n) is 4.02. The van der Waals surface area contributed by atoms with Crippen LogP contribution in [-0.2, 0) is 0 Å². The fourth-order valence-electron chi connectivity index (χ4n) is 1.94. The van der Waals surface area contributed by atoms with Gasteiger partial charge in [0.2, 0.25) is 0 Å². The third-order valence-electron chi connectivity index (χ3n) is 2.56. The molecule has 2 aliphatic heterocycles. The van der Waals surface area contributed by atoms with Crippen LogP contribution in [0.1, 0.15) is 19.3 Å². The van der Waals surface area contributed by atoms with Crippen LogP contribution in [0.2, 0.25) is 0 Å². The number of hydrogen-bond acceptors (Lipinski definition) is 3. The molecule has 2 N–H and O–H groups in total. The Balaban J connectivity index is 0.000000605. The maximum absolute atomic E-state index is 9.41. The minimum Gasteiger partial charge on any atom is -0.378 e. The Labute approximate surface area is 85.3 Å². The molecule has 0 spiro atoms. The van der Waals surface area contributed by atoms with E-state index in [0.717, 1.165) is 19.6 Å². The first-order chi connectivity index (χ1) is 4.88. The van der Waals surface area contributed by atoms with E-state index in [0.29, 0.717) is 6.04 Å². The molecule has 5 heteroatoms. The van der Waals surface area contributed by atoms with E-state index >= 15 is 0 Å². The van der Waals surface area contributed by atoms with Crippen molar-refractivity contribution in [3.63, 3.8) is 0 Å². The van der Waals surface area contributed by atoms with Gasteiger partial charge >= 0.3 is 0 Å². The van der Waals surface area contributed by atoms with Crippen molar-refractivity contribution in [1.29, 1.82) is 0 Å². The van der Waals surface area contributed by atoms with E-state index < -0.39 is 0 Å². The van der Waals surface area contributed by atoms with Crippen molar-refractivity contribution >= 4 is 24.8 Å². The third kappa shape index (κ3) is 2.24. The molecule has 0 aromatic rings. The zero-order valence-electron chi connectivity index (χ0n) is 6.90. The number of rotatable bonds is 0. The van der Waals surface area contributed by atoms with E-state index in [1.807, 2.05) is 0 Å². The van der Waals surface area contributed by atoms with Crippen LogP contribution in [0.3, 0.4) is 0 Å². The van der Waals surface area contributed by atoms with Crippen molar-refractivity contribution in [1.82, 2.24) is 10.2 Å². The minimum absolute atomic E-state index is 0. The molecule has 0 saturated carbocycles. The van der Waals surface area contributed by atoms with Crippen molar-refractivity contribution in [2.45, 2.75) is 31.5 Å². The summed E-state index contributed by atoms with van der Waals surface area (Å²) in [6.45, 7) is 2.00. The second-order valence-electron chi connectivity index (χ2n) is 3.17. The van der Waals surface area contributed by atoms with Gasteiger partial charge in [0.25, 0.3) is 0 Å². The number of hydrogen-bond donors (Lipinski definition) is 2. The van der Waals surface area contributed by atoms with E-state index in [1.165, 1.54) is 12.8 Å². The molecule has 0 aliphatic carbocycles. The zero-order valence-corrected chi connectivity index (χ0v) is 8.53. The molecule has 0 aromatic heterocycles. The van der Waals surface area contributed by atoms with E-state index in [4.69, 9.17) is 0 Å². The maximum Gasteiger partial charge on any atom is 0.108 e. The number of nitrogens with zero attached hydrogens (tertiary/aromatic N) is 1. The van der Waals surface area contributed by atoms with Crippen molar-refractivity contribution in [3.05, 3.63) is 0 Å². The lowest BCUT2D eigenvalue weighted by molar-refractivity contribution is -0.00115. The van der Waals surface area contributed by atoms with Gasteiger partial charge in [0.1, 0.15) is 6.23 Å². The molecule has 2 saturated heterocycles. The van der Waals surface area contributed by atoms with Gasteiger partial charge in [-0.1, -0.05) is 0 Å². The molecule has 2 atom stereocenters. The fourth-order valence-corrected chi connectivity index (χ4v) is 1.94. The second kappa shape index (κ2) is 5.25. The van der Waals surface area contributed by atoms with Crippen LogP contribution in [0.25, 0.3) is 0 Å². The molecule has 2 fully saturated rings. The minimum atomic E-state index is -0.169. The van der Waals surface area contributed by atoms with Gasteiger partial charge in [-0.15, -0.1) is 24.8 Å². The van der Waals surface area contributed by atoms with Gasteiger partial charge in [-0.25, -0.2) is 0 Å². The van der Waals surface area contributed by atoms with Gasteiger partial charge in [0.05, 0.1) is 6.67 Å². The Hall–Kier alpha value is 0.460. The summed E-state index contributed by atoms with van der Waals surface area (Å²) in [4.78, 5) is 2.16. The van der Waals surface area contributed by atoms with E-state index in [2.05, 4.69) is 10.2 Å². The molecular weight excluding hydrogens is 199 g/mol. The molecule has 2 aliphatic rings. The fraction of sp³-hybridized carbons (Fsp3) is 1.00. The Bertz CT molecular complexity index is 135. The highest BCUT2D eigenvalue weighted by atomic mass is 35.5. The van der Waals surface area contributed by atoms with Gasteiger partial charge < -0.3 is 10.4 Å². The normalized spacial score (nSPS) is 34.8. The molecule has 0 radical (unpaired) electrons. The summed E-state index contributed by atoms with van der Waals surface area (Å²) < 4.78 is 0. The zero-order chi connectivity index (χ0) is 6.97. The van der Waals surface area contributed by atoms with Crippen molar-refractivity contribution in [2.75, 3.05) is 13.2 Å². The highest BCUT2D eigenvalue weighted by molar-refractivity contribution is 5.85. The van der Waals surface area contributed by atoms with Crippen LogP contribution in [-0.4, -0.2) is 35.5 Å². The van der Waals surface area contributed by atoms with E-state index in [9.17, 15) is 5.11 Å². The molecule has 0 bridgehead atoms. The summed E-state index contributed by atoms with van der Waals surface area (Å²) in [5.41, 5.74) is 0. The lowest BCUT2D eigenvalue weighted by Crippen LogP contribution is -2.48. The number of nitrogens with one attached hydrogen (secondary N) is 1. The second-order valence-corrected chi connectivity index (χ2v) is 3.17. The maximum atomic E-state index is 9.41. The predicted molar refractivity (Wildman–Crippen MR) is 52.9 cm³/mol. The average Bonchev–Trinajstić information content (AvgIpc) is 2.34. The first kappa shape index (κ1) is 12.5. The van der Waals surface area contributed by atoms with Crippen LogP contribution in [0, 0.1) is 0 Å². The van der Waals surface area contributed by atoms with Gasteiger partial charge in [0.15, 0.2) is 0 Å². The summed E-state index contributed by atoms with van der Waals surface area (Å²) in [6.07, 6.45) is 3.18. The number of aliphatic hydroxyl groups excluding tert-OH is 1. The molecule has 12 heavy (non-hydrogen) atoms. The van der Waals surface area contributed by atoms with Crippen molar-refractivity contribution < 1.29 is 5.11 Å². The lowest BCUT2D eigenvalue weighted by Gasteiger charge is -2.31. The Morgan fingerprint density at radius 2 is 1.92 bits per heavy atom. The summed E-state index contributed by atoms with van der Waals surface area (Å²) in [7, 11) is 0. The smallest absolute Gasteiger partial charge is 0.108 e. The molecule has 2 rings (SSSR count). The monoisotopic (exact) mass is 214 g/mol. The van der Waals surface area contributed by atoms with Crippen molar-refractivity contribution in [2.24, 2.45) is 0 Å². The average molecular weight is 215 g/mol. The Morgan fingerprint density at radius 3 is 2.58 bits per heavy atom. The van der Waals surface area contributed by atoms with Crippen LogP contribution in [0.4, 0.5) is 0 Å². The molecule has 0 aromatic carbocycles. The van der Waals surface area contributed by atoms with Crippen LogP contribution in [0.5, 0.6) is 0 Å². The van der Waals surface area contributed by atoms with Crippen LogP contribution >= 0.6 is 24.8 Å². The third-order valence-corrected chi connectivity index (χ3v) is 2.56. The topological polar surface area (TPSA) is 35.5 Å². The number of aliphatic hydroxyl groups is 1. The highest BCUT2D eigenvalue weighted by Gasteiger charge is 2.33. The summed E-state index contributed by atoms with van der Waals surface area (Å²) in [6, 6.07) is 0.663. The first-order valence-corrected chi connectivity index (χ1v) is 4.02. The van der Waals surface area contributed by atoms with Gasteiger partial charge in [0, 0.05) is 6.04 Å². The Morgan fingerprint density at radius 1 is 1.17 bits per heavy atom. The quantitative estimate of drug-likeness (QED) is 0.619. The van der Waals surface area contributed by atoms with Gasteiger partial charge in [-0.05, 0) is 25.8 Å². The molecule has 74 valence electrons. The summed E-state index contributed by atoms with van der Waals surface area (Å²) >= 11 is 0. The van der Waals surface area contributed by atoms with Gasteiger partial charge in [-0.2, -0.15) is 0 Å². The molecule has 0 unspecified atom stereocenters. The molecule has 0 amide bonds. The lowest BCUT2D eigenvalue weighted by atomic mass is 10.1. The Kier molecular flexibility index (Phi) is 5.45. The molecule has 2 heterocycles. The highest BCUT2D eigenvalue weighted by Crippen LogP contribution is 2.25.